The Kier molecular flexibility index (Phi) is 11.2. The molecule has 0 saturated carbocycles. The molecule has 3 aromatic heterocycles. The lowest BCUT2D eigenvalue weighted by molar-refractivity contribution is 0.0949. The van der Waals surface area contributed by atoms with Gasteiger partial charge in [0.05, 0.1) is 22.8 Å². The third kappa shape index (κ3) is 7.93. The first-order chi connectivity index (χ1) is 30.0. The number of aromatic amines is 2. The SMILES string of the molecule is CO[Si](CCCNC(=O)c1ccc(-c2c3nc(c(-c4ccccc4)c4ccc([nH]4)c(-c4ccccc4)c4nc(c(-c5ccccc5)c5ccc2[nH]5)C=C4)C=C3)cc1)(OC)OC. The summed E-state index contributed by atoms with van der Waals surface area (Å²) in [6.45, 7) is 0.461. The molecular weight excluding hydrogens is 775 g/mol. The second kappa shape index (κ2) is 17.3. The van der Waals surface area contributed by atoms with Crippen LogP contribution in [0.1, 0.15) is 39.6 Å². The van der Waals surface area contributed by atoms with E-state index in [0.717, 1.165) is 89.4 Å². The largest absolute Gasteiger partial charge is 0.500 e. The first-order valence-corrected chi connectivity index (χ1v) is 22.3. The van der Waals surface area contributed by atoms with Crippen LogP contribution in [0.5, 0.6) is 0 Å². The molecular formula is C51H45N5O4Si. The summed E-state index contributed by atoms with van der Waals surface area (Å²) < 4.78 is 16.6. The number of hydrogen-bond acceptors (Lipinski definition) is 6. The number of hydrogen-bond donors (Lipinski definition) is 3. The molecule has 0 aliphatic carbocycles. The van der Waals surface area contributed by atoms with Gasteiger partial charge in [-0.25, -0.2) is 9.97 Å². The summed E-state index contributed by atoms with van der Waals surface area (Å²) in [6.07, 6.45) is 9.04. The fourth-order valence-corrected chi connectivity index (χ4v) is 9.91. The summed E-state index contributed by atoms with van der Waals surface area (Å²) in [6, 6.07) is 47.9. The molecule has 4 aromatic carbocycles. The summed E-state index contributed by atoms with van der Waals surface area (Å²) >= 11 is 0. The zero-order valence-corrected chi connectivity index (χ0v) is 35.2. The highest BCUT2D eigenvalue weighted by Gasteiger charge is 2.36. The van der Waals surface area contributed by atoms with Gasteiger partial charge in [0.1, 0.15) is 0 Å². The van der Waals surface area contributed by atoms with Gasteiger partial charge in [-0.15, -0.1) is 0 Å². The van der Waals surface area contributed by atoms with E-state index in [4.69, 9.17) is 23.2 Å². The van der Waals surface area contributed by atoms with E-state index in [-0.39, 0.29) is 5.91 Å². The van der Waals surface area contributed by atoms with Crippen LogP contribution in [0.15, 0.2) is 140 Å². The lowest BCUT2D eigenvalue weighted by Gasteiger charge is -2.24. The first-order valence-electron chi connectivity index (χ1n) is 20.3. The van der Waals surface area contributed by atoms with Crippen LogP contribution in [0.25, 0.3) is 90.9 Å². The quantitative estimate of drug-likeness (QED) is 0.0835. The molecule has 0 atom stereocenters. The van der Waals surface area contributed by atoms with Crippen molar-refractivity contribution in [3.63, 3.8) is 0 Å². The van der Waals surface area contributed by atoms with E-state index in [2.05, 4.69) is 137 Å². The second-order valence-electron chi connectivity index (χ2n) is 14.8. The zero-order valence-electron chi connectivity index (χ0n) is 34.2. The van der Waals surface area contributed by atoms with Crippen LogP contribution in [0.3, 0.4) is 0 Å². The van der Waals surface area contributed by atoms with Gasteiger partial charge in [-0.2, -0.15) is 0 Å². The molecule has 1 amide bonds. The van der Waals surface area contributed by atoms with Crippen molar-refractivity contribution in [2.75, 3.05) is 27.9 Å². The first kappa shape index (κ1) is 39.5. The number of carbonyl (C=O) groups is 1. The van der Waals surface area contributed by atoms with Crippen LogP contribution in [0, 0.1) is 0 Å². The average molecular weight is 820 g/mol. The van der Waals surface area contributed by atoms with Crippen LogP contribution in [0.4, 0.5) is 0 Å². The molecule has 2 aliphatic rings. The van der Waals surface area contributed by atoms with Crippen LogP contribution >= 0.6 is 0 Å². The van der Waals surface area contributed by atoms with Crippen LogP contribution in [-0.4, -0.2) is 62.5 Å². The summed E-state index contributed by atoms with van der Waals surface area (Å²) in [4.78, 5) is 31.7. The smallest absolute Gasteiger partial charge is 0.377 e. The number of fused-ring (bicyclic) bond motifs is 8. The van der Waals surface area contributed by atoms with Crippen molar-refractivity contribution in [1.82, 2.24) is 25.3 Å². The molecule has 5 heterocycles. The molecule has 7 aromatic rings. The van der Waals surface area contributed by atoms with Crippen molar-refractivity contribution in [1.29, 1.82) is 0 Å². The van der Waals surface area contributed by atoms with Crippen molar-refractivity contribution >= 4 is 61.1 Å². The Labute approximate surface area is 355 Å². The normalized spacial score (nSPS) is 12.2. The van der Waals surface area contributed by atoms with Crippen LogP contribution in [0.2, 0.25) is 6.04 Å². The number of amides is 1. The minimum Gasteiger partial charge on any atom is -0.377 e. The molecule has 0 radical (unpaired) electrons. The van der Waals surface area contributed by atoms with E-state index in [1.54, 1.807) is 21.3 Å². The number of H-pyrrole nitrogens is 2. The molecule has 61 heavy (non-hydrogen) atoms. The maximum atomic E-state index is 13.3. The van der Waals surface area contributed by atoms with E-state index < -0.39 is 8.80 Å². The molecule has 2 aliphatic heterocycles. The van der Waals surface area contributed by atoms with Gasteiger partial charge < -0.3 is 28.6 Å². The van der Waals surface area contributed by atoms with Crippen LogP contribution < -0.4 is 5.32 Å². The summed E-state index contributed by atoms with van der Waals surface area (Å²) in [5.74, 6) is -0.159. The van der Waals surface area contributed by atoms with Gasteiger partial charge in [-0.05, 0) is 89.4 Å². The Morgan fingerprint density at radius 3 is 1.18 bits per heavy atom. The maximum Gasteiger partial charge on any atom is 0.500 e. The summed E-state index contributed by atoms with van der Waals surface area (Å²) in [5, 5.41) is 3.04. The fraction of sp³-hybridized carbons (Fsp3) is 0.118. The highest BCUT2D eigenvalue weighted by Crippen LogP contribution is 2.38. The highest BCUT2D eigenvalue weighted by molar-refractivity contribution is 6.60. The molecule has 0 spiro atoms. The molecule has 9 nitrogen and oxygen atoms in total. The van der Waals surface area contributed by atoms with E-state index in [1.165, 1.54) is 0 Å². The second-order valence-corrected chi connectivity index (χ2v) is 17.9. The molecule has 9 rings (SSSR count). The predicted octanol–water partition coefficient (Wildman–Crippen LogP) is 11.3. The predicted molar refractivity (Wildman–Crippen MR) is 249 cm³/mol. The highest BCUT2D eigenvalue weighted by atomic mass is 28.4. The van der Waals surface area contributed by atoms with E-state index >= 15 is 0 Å². The van der Waals surface area contributed by atoms with Gasteiger partial charge in [-0.1, -0.05) is 103 Å². The van der Waals surface area contributed by atoms with Gasteiger partial charge in [0, 0.05) is 83.8 Å². The van der Waals surface area contributed by atoms with Crippen LogP contribution in [-0.2, 0) is 13.3 Å². The molecule has 0 fully saturated rings. The van der Waals surface area contributed by atoms with Gasteiger partial charge in [-0.3, -0.25) is 4.79 Å². The third-order valence-corrected chi connectivity index (χ3v) is 14.1. The van der Waals surface area contributed by atoms with Crippen molar-refractivity contribution in [3.8, 4) is 44.5 Å². The molecule has 302 valence electrons. The van der Waals surface area contributed by atoms with Gasteiger partial charge in [0.15, 0.2) is 0 Å². The lowest BCUT2D eigenvalue weighted by atomic mass is 10.0. The minimum atomic E-state index is -2.72. The Hall–Kier alpha value is -6.95. The molecule has 0 unspecified atom stereocenters. The molecule has 10 heteroatoms. The standard InChI is InChI=1S/C51H45N5O4Si/c1-58-61(59-2,60-3)33-13-32-52-51(57)38-22-20-37(21-23-38)50-45-30-28-43(55-45)48(35-16-9-5-10-17-35)41-26-24-39(53-41)47(34-14-7-4-8-15-34)40-25-27-42(54-40)49(36-18-11-6-12-19-36)44-29-31-46(50)56-44/h4-12,14-31,53,56H,13,32-33H2,1-3H3,(H,52,57). The topological polar surface area (TPSA) is 114 Å². The Balaban J connectivity index is 1.25. The number of aromatic nitrogens is 4. The van der Waals surface area contributed by atoms with Gasteiger partial charge >= 0.3 is 8.80 Å². The van der Waals surface area contributed by atoms with Crippen molar-refractivity contribution in [2.45, 2.75) is 12.5 Å². The maximum absolute atomic E-state index is 13.3. The third-order valence-electron chi connectivity index (χ3n) is 11.3. The van der Waals surface area contributed by atoms with E-state index in [9.17, 15) is 4.79 Å². The number of carbonyl (C=O) groups excluding carboxylic acids is 1. The molecule has 8 bridgehead atoms. The van der Waals surface area contributed by atoms with Crippen molar-refractivity contribution in [2.24, 2.45) is 0 Å². The number of nitrogens with one attached hydrogen (secondary N) is 3. The Morgan fingerprint density at radius 2 is 0.836 bits per heavy atom. The monoisotopic (exact) mass is 819 g/mol. The minimum absolute atomic E-state index is 0.159. The average Bonchev–Trinajstić information content (AvgIpc) is 4.17. The van der Waals surface area contributed by atoms with E-state index in [1.807, 2.05) is 42.5 Å². The van der Waals surface area contributed by atoms with Crippen molar-refractivity contribution in [3.05, 3.63) is 168 Å². The summed E-state index contributed by atoms with van der Waals surface area (Å²) in [5.41, 5.74) is 15.5. The molecule has 0 saturated heterocycles. The van der Waals surface area contributed by atoms with Crippen molar-refractivity contribution < 1.29 is 18.1 Å². The van der Waals surface area contributed by atoms with E-state index in [0.29, 0.717) is 24.6 Å². The fourth-order valence-electron chi connectivity index (χ4n) is 8.19. The Morgan fingerprint density at radius 1 is 0.492 bits per heavy atom. The van der Waals surface area contributed by atoms with Gasteiger partial charge in [0.25, 0.3) is 5.91 Å². The van der Waals surface area contributed by atoms with Gasteiger partial charge in [0.2, 0.25) is 0 Å². The number of benzene rings is 4. The number of rotatable bonds is 12. The zero-order chi connectivity index (χ0) is 41.8. The Bertz CT molecular complexity index is 2890. The summed E-state index contributed by atoms with van der Waals surface area (Å²) in [7, 11) is 2.06. The lowest BCUT2D eigenvalue weighted by Crippen LogP contribution is -2.43. The number of nitrogens with zero attached hydrogens (tertiary/aromatic N) is 2. The molecule has 3 N–H and O–H groups in total.